The number of hydrogen-bond acceptors (Lipinski definition) is 6. The van der Waals surface area contributed by atoms with Crippen molar-refractivity contribution < 1.29 is 44.4 Å². The second kappa shape index (κ2) is 12.5. The number of benzene rings is 1. The van der Waals surface area contributed by atoms with Crippen LogP contribution in [0.4, 0.5) is 36.4 Å². The first kappa shape index (κ1) is 29.7. The van der Waals surface area contributed by atoms with Gasteiger partial charge in [0.05, 0.1) is 5.56 Å². The number of anilines is 1. The lowest BCUT2D eigenvalue weighted by Gasteiger charge is -2.15. The average molecular weight is 601 g/mol. The zero-order valence-corrected chi connectivity index (χ0v) is 21.5. The largest absolute Gasteiger partial charge is 0.473 e. The third-order valence-corrected chi connectivity index (χ3v) is 6.24. The van der Waals surface area contributed by atoms with E-state index in [4.69, 9.17) is 9.47 Å². The molecule has 4 aromatic rings. The molecule has 1 aromatic carbocycles. The van der Waals surface area contributed by atoms with Gasteiger partial charge in [-0.2, -0.15) is 26.3 Å². The Labute approximate surface area is 231 Å². The standard InChI is InChI=1S/C26H19F7N4O3S/c27-20-6-7-22(39-13-16-3-1-5-19(9-16)26(31,32)33)36-23(20)18-10-21(37-41(38)15-25(28,29)30)24(35-12-18)40-14-17-4-2-8-34-11-17/h1-12,37H,13-15H2. The van der Waals surface area contributed by atoms with E-state index in [1.165, 1.54) is 24.5 Å². The molecule has 0 radical (unpaired) electrons. The molecule has 4 rings (SSSR count). The van der Waals surface area contributed by atoms with Gasteiger partial charge in [0.1, 0.15) is 47.2 Å². The number of alkyl halides is 6. The van der Waals surface area contributed by atoms with E-state index >= 15 is 0 Å². The molecule has 0 aliphatic carbocycles. The summed E-state index contributed by atoms with van der Waals surface area (Å²) in [7, 11) is -2.63. The topological polar surface area (TPSA) is 86.2 Å². The van der Waals surface area contributed by atoms with Gasteiger partial charge >= 0.3 is 12.4 Å². The average Bonchev–Trinajstić information content (AvgIpc) is 2.91. The molecule has 1 N–H and O–H groups in total. The Morgan fingerprint density at radius 2 is 1.63 bits per heavy atom. The highest BCUT2D eigenvalue weighted by atomic mass is 32.2. The van der Waals surface area contributed by atoms with Gasteiger partial charge in [-0.3, -0.25) is 9.71 Å². The van der Waals surface area contributed by atoms with Crippen molar-refractivity contribution in [1.82, 2.24) is 15.0 Å². The Hall–Kier alpha value is -4.27. The zero-order chi connectivity index (χ0) is 29.6. The molecular formula is C26H19F7N4O3S. The lowest BCUT2D eigenvalue weighted by molar-refractivity contribution is -0.137. The van der Waals surface area contributed by atoms with Crippen LogP contribution in [0.15, 0.2) is 73.2 Å². The molecule has 41 heavy (non-hydrogen) atoms. The fourth-order valence-corrected chi connectivity index (χ4v) is 4.18. The number of nitrogens with zero attached hydrogens (tertiary/aromatic N) is 3. The predicted octanol–water partition coefficient (Wildman–Crippen LogP) is 6.49. The molecule has 0 aliphatic heterocycles. The van der Waals surface area contributed by atoms with Crippen molar-refractivity contribution in [3.8, 4) is 23.0 Å². The van der Waals surface area contributed by atoms with Gasteiger partial charge in [0, 0.05) is 35.8 Å². The lowest BCUT2D eigenvalue weighted by atomic mass is 10.1. The van der Waals surface area contributed by atoms with Crippen LogP contribution in [0.5, 0.6) is 11.8 Å². The van der Waals surface area contributed by atoms with E-state index in [-0.39, 0.29) is 47.5 Å². The summed E-state index contributed by atoms with van der Waals surface area (Å²) in [5.41, 5.74) is -0.673. The van der Waals surface area contributed by atoms with Crippen molar-refractivity contribution >= 4 is 16.7 Å². The van der Waals surface area contributed by atoms with E-state index in [0.29, 0.717) is 5.56 Å². The number of halogens is 7. The maximum atomic E-state index is 14.8. The summed E-state index contributed by atoms with van der Waals surface area (Å²) in [4.78, 5) is 12.0. The van der Waals surface area contributed by atoms with Gasteiger partial charge in [0.25, 0.3) is 0 Å². The highest BCUT2D eigenvalue weighted by Crippen LogP contribution is 2.32. The molecule has 1 atom stereocenters. The van der Waals surface area contributed by atoms with Gasteiger partial charge < -0.3 is 9.47 Å². The molecule has 0 bridgehead atoms. The first-order valence-corrected chi connectivity index (χ1v) is 12.9. The molecule has 0 amide bonds. The van der Waals surface area contributed by atoms with Crippen LogP contribution < -0.4 is 14.2 Å². The molecule has 15 heteroatoms. The third-order valence-electron chi connectivity index (χ3n) is 5.20. The first-order chi connectivity index (χ1) is 19.4. The van der Waals surface area contributed by atoms with Crippen LogP contribution in [0.1, 0.15) is 16.7 Å². The Bertz CT molecular complexity index is 1520. The molecule has 0 fully saturated rings. The zero-order valence-electron chi connectivity index (χ0n) is 20.7. The van der Waals surface area contributed by atoms with Crippen LogP contribution in [0.25, 0.3) is 11.3 Å². The number of pyridine rings is 3. The van der Waals surface area contributed by atoms with Gasteiger partial charge in [0.15, 0.2) is 0 Å². The van der Waals surface area contributed by atoms with E-state index in [0.717, 1.165) is 36.5 Å². The molecule has 3 aromatic heterocycles. The van der Waals surface area contributed by atoms with Crippen LogP contribution in [0.2, 0.25) is 0 Å². The van der Waals surface area contributed by atoms with Gasteiger partial charge in [-0.25, -0.2) is 18.6 Å². The summed E-state index contributed by atoms with van der Waals surface area (Å²) in [5, 5.41) is 0. The molecule has 0 aliphatic rings. The Balaban J connectivity index is 1.59. The smallest absolute Gasteiger partial charge is 0.416 e. The van der Waals surface area contributed by atoms with E-state index in [9.17, 15) is 34.9 Å². The minimum absolute atomic E-state index is 0.0349. The number of aromatic nitrogens is 3. The van der Waals surface area contributed by atoms with Gasteiger partial charge in [-0.05, 0) is 35.9 Å². The summed E-state index contributed by atoms with van der Waals surface area (Å²) in [6.07, 6.45) is -5.12. The molecule has 0 saturated carbocycles. The minimum Gasteiger partial charge on any atom is -0.473 e. The van der Waals surface area contributed by atoms with Gasteiger partial charge in [-0.15, -0.1) is 0 Å². The van der Waals surface area contributed by atoms with Crippen LogP contribution >= 0.6 is 0 Å². The van der Waals surface area contributed by atoms with Crippen LogP contribution in [0, 0.1) is 5.82 Å². The molecule has 3 heterocycles. The monoisotopic (exact) mass is 600 g/mol. The fraction of sp³-hybridized carbons (Fsp3) is 0.192. The Kier molecular flexibility index (Phi) is 9.05. The SMILES string of the molecule is O=S(CC(F)(F)F)Nc1cc(-c2nc(OCc3cccc(C(F)(F)F)c3)ccc2F)cnc1OCc1cccnc1. The van der Waals surface area contributed by atoms with Gasteiger partial charge in [0.2, 0.25) is 11.8 Å². The maximum absolute atomic E-state index is 14.8. The van der Waals surface area contributed by atoms with Crippen molar-refractivity contribution in [2.24, 2.45) is 0 Å². The summed E-state index contributed by atoms with van der Waals surface area (Å²) in [6.45, 7) is -0.392. The second-order valence-corrected chi connectivity index (χ2v) is 9.58. The maximum Gasteiger partial charge on any atom is 0.416 e. The Morgan fingerprint density at radius 3 is 2.34 bits per heavy atom. The van der Waals surface area contributed by atoms with E-state index in [2.05, 4.69) is 19.7 Å². The highest BCUT2D eigenvalue weighted by molar-refractivity contribution is 7.86. The number of nitrogens with one attached hydrogen (secondary N) is 1. The van der Waals surface area contributed by atoms with Crippen LogP contribution in [-0.4, -0.2) is 31.1 Å². The molecule has 0 spiro atoms. The lowest BCUT2D eigenvalue weighted by Crippen LogP contribution is -2.23. The highest BCUT2D eigenvalue weighted by Gasteiger charge is 2.31. The second-order valence-electron chi connectivity index (χ2n) is 8.40. The summed E-state index contributed by atoms with van der Waals surface area (Å²) < 4.78 is 117. The number of ether oxygens (including phenoxy) is 2. The van der Waals surface area contributed by atoms with Crippen molar-refractivity contribution in [3.05, 3.63) is 95.7 Å². The Morgan fingerprint density at radius 1 is 0.878 bits per heavy atom. The summed E-state index contributed by atoms with van der Waals surface area (Å²) in [5.74, 6) is -2.90. The molecular weight excluding hydrogens is 581 g/mol. The van der Waals surface area contributed by atoms with Crippen molar-refractivity contribution in [3.63, 3.8) is 0 Å². The molecule has 0 saturated heterocycles. The van der Waals surface area contributed by atoms with Gasteiger partial charge in [-0.1, -0.05) is 18.2 Å². The molecule has 216 valence electrons. The van der Waals surface area contributed by atoms with Crippen molar-refractivity contribution in [2.45, 2.75) is 25.6 Å². The first-order valence-electron chi connectivity index (χ1n) is 11.6. The van der Waals surface area contributed by atoms with Crippen LogP contribution in [-0.2, 0) is 30.4 Å². The molecule has 1 unspecified atom stereocenters. The van der Waals surface area contributed by atoms with Crippen molar-refractivity contribution in [1.29, 1.82) is 0 Å². The van der Waals surface area contributed by atoms with E-state index in [1.807, 2.05) is 0 Å². The number of hydrogen-bond donors (Lipinski definition) is 1. The van der Waals surface area contributed by atoms with E-state index in [1.54, 1.807) is 12.1 Å². The fourth-order valence-electron chi connectivity index (χ4n) is 3.41. The minimum atomic E-state index is -4.74. The van der Waals surface area contributed by atoms with E-state index < -0.39 is 40.5 Å². The summed E-state index contributed by atoms with van der Waals surface area (Å²) in [6, 6.07) is 11.1. The normalized spacial score (nSPS) is 12.6. The number of rotatable bonds is 10. The quantitative estimate of drug-likeness (QED) is 0.210. The third kappa shape index (κ3) is 8.61. The summed E-state index contributed by atoms with van der Waals surface area (Å²) >= 11 is 0. The van der Waals surface area contributed by atoms with Crippen LogP contribution in [0.3, 0.4) is 0 Å². The molecule has 7 nitrogen and oxygen atoms in total. The van der Waals surface area contributed by atoms with Crippen molar-refractivity contribution in [2.75, 3.05) is 10.5 Å². The predicted molar refractivity (Wildman–Crippen MR) is 134 cm³/mol.